The van der Waals surface area contributed by atoms with Crippen LogP contribution < -0.4 is 10.2 Å². The predicted octanol–water partition coefficient (Wildman–Crippen LogP) is 3.05. The zero-order valence-corrected chi connectivity index (χ0v) is 13.9. The number of carbonyl (C=O) groups is 1. The van der Waals surface area contributed by atoms with Crippen molar-refractivity contribution in [1.82, 2.24) is 15.0 Å². The van der Waals surface area contributed by atoms with Crippen LogP contribution in [0.1, 0.15) is 5.56 Å². The summed E-state index contributed by atoms with van der Waals surface area (Å²) < 4.78 is 7.23. The lowest BCUT2D eigenvalue weighted by Crippen LogP contribution is -2.24. The fourth-order valence-electron chi connectivity index (χ4n) is 2.04. The summed E-state index contributed by atoms with van der Waals surface area (Å²) >= 11 is 5.78. The van der Waals surface area contributed by atoms with Crippen LogP contribution in [0.4, 0.5) is 0 Å². The predicted molar refractivity (Wildman–Crippen MR) is 96.2 cm³/mol. The molecule has 2 aromatic carbocycles. The fraction of sp³-hybridized carbons (Fsp3) is 0.0556. The molecule has 0 saturated carbocycles. The van der Waals surface area contributed by atoms with E-state index < -0.39 is 0 Å². The average Bonchev–Trinajstić information content (AvgIpc) is 3.16. The van der Waals surface area contributed by atoms with Crippen LogP contribution in [-0.2, 0) is 4.79 Å². The Bertz CT molecular complexity index is 844. The number of hydrogen-bond donors (Lipinski definition) is 1. The third-order valence-electron chi connectivity index (χ3n) is 3.28. The molecule has 0 radical (unpaired) electrons. The highest BCUT2D eigenvalue weighted by Gasteiger charge is 2.01. The molecule has 0 aliphatic rings. The second kappa shape index (κ2) is 8.12. The Morgan fingerprint density at radius 1 is 1.20 bits per heavy atom. The first-order chi connectivity index (χ1) is 12.2. The van der Waals surface area contributed by atoms with Gasteiger partial charge < -0.3 is 9.30 Å². The van der Waals surface area contributed by atoms with Crippen molar-refractivity contribution in [1.29, 1.82) is 0 Å². The molecule has 1 aromatic heterocycles. The highest BCUT2D eigenvalue weighted by atomic mass is 35.5. The molecule has 6 nitrogen and oxygen atoms in total. The molecule has 0 fully saturated rings. The van der Waals surface area contributed by atoms with E-state index in [9.17, 15) is 4.79 Å². The molecule has 0 saturated heterocycles. The maximum absolute atomic E-state index is 11.7. The van der Waals surface area contributed by atoms with E-state index in [0.717, 1.165) is 11.3 Å². The van der Waals surface area contributed by atoms with E-state index in [0.29, 0.717) is 10.8 Å². The van der Waals surface area contributed by atoms with Gasteiger partial charge >= 0.3 is 0 Å². The van der Waals surface area contributed by atoms with Crippen molar-refractivity contribution < 1.29 is 9.53 Å². The van der Waals surface area contributed by atoms with Gasteiger partial charge in [-0.1, -0.05) is 23.7 Å². The van der Waals surface area contributed by atoms with Gasteiger partial charge in [0, 0.05) is 23.1 Å². The van der Waals surface area contributed by atoms with E-state index in [1.165, 1.54) is 0 Å². The number of amides is 1. The summed E-state index contributed by atoms with van der Waals surface area (Å²) in [7, 11) is 0. The molecule has 0 atom stereocenters. The highest BCUT2D eigenvalue weighted by molar-refractivity contribution is 6.30. The van der Waals surface area contributed by atoms with E-state index in [4.69, 9.17) is 16.3 Å². The van der Waals surface area contributed by atoms with E-state index in [1.54, 1.807) is 43.0 Å². The smallest absolute Gasteiger partial charge is 0.277 e. The van der Waals surface area contributed by atoms with Crippen LogP contribution in [0.5, 0.6) is 5.75 Å². The molecule has 0 bridgehead atoms. The number of rotatable bonds is 6. The summed E-state index contributed by atoms with van der Waals surface area (Å²) in [5, 5.41) is 4.53. The molecular formula is C18H15ClN4O2. The van der Waals surface area contributed by atoms with E-state index in [2.05, 4.69) is 15.5 Å². The van der Waals surface area contributed by atoms with Gasteiger partial charge in [0.1, 0.15) is 5.75 Å². The molecule has 0 spiro atoms. The van der Waals surface area contributed by atoms with E-state index in [-0.39, 0.29) is 12.5 Å². The summed E-state index contributed by atoms with van der Waals surface area (Å²) in [4.78, 5) is 15.7. The normalized spacial score (nSPS) is 10.8. The molecule has 126 valence electrons. The number of carbonyl (C=O) groups excluding carboxylic acids is 1. The molecule has 25 heavy (non-hydrogen) atoms. The molecule has 7 heteroatoms. The number of nitrogens with zero attached hydrogens (tertiary/aromatic N) is 3. The third-order valence-corrected chi connectivity index (χ3v) is 3.53. The van der Waals surface area contributed by atoms with Gasteiger partial charge in [-0.3, -0.25) is 4.79 Å². The molecule has 3 aromatic rings. The van der Waals surface area contributed by atoms with Gasteiger partial charge in [0.25, 0.3) is 5.91 Å². The van der Waals surface area contributed by atoms with Crippen LogP contribution >= 0.6 is 11.6 Å². The summed E-state index contributed by atoms with van der Waals surface area (Å²) in [6, 6.07) is 14.5. The lowest BCUT2D eigenvalue weighted by Gasteiger charge is -2.05. The first kappa shape index (κ1) is 16.7. The minimum Gasteiger partial charge on any atom is -0.484 e. The number of imidazole rings is 1. The monoisotopic (exact) mass is 354 g/mol. The third kappa shape index (κ3) is 4.92. The maximum atomic E-state index is 11.7. The van der Waals surface area contributed by atoms with Gasteiger partial charge in [-0.05, 0) is 42.0 Å². The summed E-state index contributed by atoms with van der Waals surface area (Å²) in [5.41, 5.74) is 4.28. The molecule has 1 heterocycles. The number of aromatic nitrogens is 2. The summed E-state index contributed by atoms with van der Waals surface area (Å²) in [5.74, 6) is 0.222. The van der Waals surface area contributed by atoms with Gasteiger partial charge in [0.15, 0.2) is 6.61 Å². The maximum Gasteiger partial charge on any atom is 0.277 e. The number of hydrazone groups is 1. The first-order valence-electron chi connectivity index (χ1n) is 7.49. The molecule has 1 N–H and O–H groups in total. The van der Waals surface area contributed by atoms with Crippen LogP contribution in [-0.4, -0.2) is 28.3 Å². The van der Waals surface area contributed by atoms with Gasteiger partial charge in [-0.15, -0.1) is 0 Å². The van der Waals surface area contributed by atoms with E-state index in [1.807, 2.05) is 35.0 Å². The molecule has 0 unspecified atom stereocenters. The van der Waals surface area contributed by atoms with Crippen LogP contribution in [0.25, 0.3) is 5.69 Å². The minimum absolute atomic E-state index is 0.126. The number of halogens is 1. The number of ether oxygens (including phenoxy) is 1. The van der Waals surface area contributed by atoms with E-state index >= 15 is 0 Å². The van der Waals surface area contributed by atoms with Crippen molar-refractivity contribution in [2.75, 3.05) is 6.61 Å². The van der Waals surface area contributed by atoms with Crippen molar-refractivity contribution in [2.24, 2.45) is 5.10 Å². The Morgan fingerprint density at radius 2 is 1.96 bits per heavy atom. The van der Waals surface area contributed by atoms with Crippen LogP contribution in [0.3, 0.4) is 0 Å². The Kier molecular flexibility index (Phi) is 5.43. The topological polar surface area (TPSA) is 68.5 Å². The Balaban J connectivity index is 1.47. The van der Waals surface area contributed by atoms with Crippen molar-refractivity contribution in [3.8, 4) is 11.4 Å². The Hall–Kier alpha value is -3.12. The van der Waals surface area contributed by atoms with Crippen LogP contribution in [0.15, 0.2) is 72.4 Å². The minimum atomic E-state index is -0.346. The molecule has 0 aliphatic carbocycles. The Morgan fingerprint density at radius 3 is 2.64 bits per heavy atom. The van der Waals surface area contributed by atoms with Crippen LogP contribution in [0.2, 0.25) is 5.02 Å². The van der Waals surface area contributed by atoms with Gasteiger partial charge in [0.05, 0.1) is 12.5 Å². The molecular weight excluding hydrogens is 340 g/mol. The lowest BCUT2D eigenvalue weighted by atomic mass is 10.2. The average molecular weight is 355 g/mol. The lowest BCUT2D eigenvalue weighted by molar-refractivity contribution is -0.123. The fourth-order valence-corrected chi connectivity index (χ4v) is 2.16. The molecule has 3 rings (SSSR count). The van der Waals surface area contributed by atoms with Gasteiger partial charge in [0.2, 0.25) is 0 Å². The highest BCUT2D eigenvalue weighted by Crippen LogP contribution is 2.15. The van der Waals surface area contributed by atoms with Crippen molar-refractivity contribution >= 4 is 23.7 Å². The first-order valence-corrected chi connectivity index (χ1v) is 7.87. The molecule has 1 amide bonds. The van der Waals surface area contributed by atoms with Gasteiger partial charge in [-0.2, -0.15) is 5.10 Å². The van der Waals surface area contributed by atoms with Crippen molar-refractivity contribution in [3.63, 3.8) is 0 Å². The zero-order chi connectivity index (χ0) is 17.5. The largest absolute Gasteiger partial charge is 0.484 e. The van der Waals surface area contributed by atoms with Gasteiger partial charge in [-0.25, -0.2) is 10.4 Å². The zero-order valence-electron chi connectivity index (χ0n) is 13.2. The second-order valence-corrected chi connectivity index (χ2v) is 5.53. The number of hydrogen-bond acceptors (Lipinski definition) is 4. The van der Waals surface area contributed by atoms with Crippen molar-refractivity contribution in [2.45, 2.75) is 0 Å². The van der Waals surface area contributed by atoms with Crippen LogP contribution in [0, 0.1) is 0 Å². The SMILES string of the molecule is O=C(COc1ccc(Cl)cc1)N/N=C/c1ccc(-n2ccnc2)cc1. The van der Waals surface area contributed by atoms with Crippen molar-refractivity contribution in [3.05, 3.63) is 77.8 Å². The Labute approximate surface area is 149 Å². The number of benzene rings is 2. The quantitative estimate of drug-likeness (QED) is 0.546. The summed E-state index contributed by atoms with van der Waals surface area (Å²) in [6.07, 6.45) is 6.88. The molecule has 0 aliphatic heterocycles. The standard InChI is InChI=1S/C18H15ClN4O2/c19-15-3-7-17(8-4-15)25-12-18(24)22-21-11-14-1-5-16(6-2-14)23-10-9-20-13-23/h1-11,13H,12H2,(H,22,24)/b21-11+. The number of nitrogens with one attached hydrogen (secondary N) is 1. The summed E-state index contributed by atoms with van der Waals surface area (Å²) in [6.45, 7) is -0.126. The second-order valence-electron chi connectivity index (χ2n) is 5.10.